The number of hydrogen-bond donors (Lipinski definition) is 1. The number of ether oxygens (including phenoxy) is 2. The number of nitrogens with zero attached hydrogens (tertiary/aromatic N) is 1. The Morgan fingerprint density at radius 2 is 1.93 bits per heavy atom. The number of amides is 2. The van der Waals surface area contributed by atoms with Crippen LogP contribution in [0.2, 0.25) is 0 Å². The van der Waals surface area contributed by atoms with Gasteiger partial charge in [-0.25, -0.2) is 0 Å². The number of nitro benzene ring substituents is 1. The van der Waals surface area contributed by atoms with Crippen LogP contribution in [0.5, 0.6) is 11.5 Å². The van der Waals surface area contributed by atoms with Gasteiger partial charge in [0.25, 0.3) is 16.8 Å². The Bertz CT molecular complexity index is 973. The highest BCUT2D eigenvalue weighted by atomic mass is 32.2. The summed E-state index contributed by atoms with van der Waals surface area (Å²) in [5.41, 5.74) is 1.09. The maximum absolute atomic E-state index is 11.7. The van der Waals surface area contributed by atoms with Crippen molar-refractivity contribution in [2.75, 3.05) is 6.61 Å². The maximum atomic E-state index is 11.7. The van der Waals surface area contributed by atoms with Crippen molar-refractivity contribution in [3.8, 4) is 11.5 Å². The van der Waals surface area contributed by atoms with Gasteiger partial charge in [-0.2, -0.15) is 0 Å². The van der Waals surface area contributed by atoms with Crippen LogP contribution in [0, 0.1) is 10.1 Å². The minimum absolute atomic E-state index is 0.00439. The van der Waals surface area contributed by atoms with Crippen LogP contribution in [0.25, 0.3) is 6.08 Å². The third-order valence-corrected chi connectivity index (χ3v) is 4.59. The predicted molar refractivity (Wildman–Crippen MR) is 104 cm³/mol. The lowest BCUT2D eigenvalue weighted by Gasteiger charge is -2.13. The number of para-hydroxylation sites is 1. The molecule has 1 fully saturated rings. The lowest BCUT2D eigenvalue weighted by Crippen LogP contribution is -2.17. The van der Waals surface area contributed by atoms with Crippen LogP contribution in [0.3, 0.4) is 0 Å². The molecule has 2 amide bonds. The third kappa shape index (κ3) is 4.49. The number of imide groups is 1. The number of rotatable bonds is 7. The van der Waals surface area contributed by atoms with Crippen LogP contribution in [-0.2, 0) is 11.4 Å². The van der Waals surface area contributed by atoms with Crippen LogP contribution in [-0.4, -0.2) is 22.7 Å². The minimum Gasteiger partial charge on any atom is -0.490 e. The fraction of sp³-hybridized carbons (Fsp3) is 0.158. The molecule has 0 aliphatic carbocycles. The van der Waals surface area contributed by atoms with E-state index in [9.17, 15) is 19.7 Å². The van der Waals surface area contributed by atoms with Gasteiger partial charge in [-0.05, 0) is 48.5 Å². The van der Waals surface area contributed by atoms with Crippen molar-refractivity contribution in [1.29, 1.82) is 0 Å². The third-order valence-electron chi connectivity index (χ3n) is 3.78. The van der Waals surface area contributed by atoms with Gasteiger partial charge in [0, 0.05) is 6.07 Å². The zero-order valence-corrected chi connectivity index (χ0v) is 15.7. The molecule has 144 valence electrons. The van der Waals surface area contributed by atoms with Gasteiger partial charge < -0.3 is 9.47 Å². The fourth-order valence-electron chi connectivity index (χ4n) is 2.54. The Kier molecular flexibility index (Phi) is 5.95. The highest BCUT2D eigenvalue weighted by Crippen LogP contribution is 2.32. The summed E-state index contributed by atoms with van der Waals surface area (Å²) >= 11 is 0.829. The number of carbonyl (C=O) groups is 2. The molecule has 0 radical (unpaired) electrons. The molecule has 0 aromatic heterocycles. The maximum Gasteiger partial charge on any atom is 0.290 e. The van der Waals surface area contributed by atoms with Crippen molar-refractivity contribution < 1.29 is 24.0 Å². The Balaban J connectivity index is 1.82. The molecule has 0 atom stereocenters. The first kappa shape index (κ1) is 19.4. The highest BCUT2D eigenvalue weighted by Gasteiger charge is 2.25. The summed E-state index contributed by atoms with van der Waals surface area (Å²) in [4.78, 5) is 33.9. The first-order valence-corrected chi connectivity index (χ1v) is 9.16. The van der Waals surface area contributed by atoms with E-state index in [0.29, 0.717) is 34.1 Å². The van der Waals surface area contributed by atoms with Gasteiger partial charge in [-0.3, -0.25) is 25.0 Å². The molecule has 8 nitrogen and oxygen atoms in total. The summed E-state index contributed by atoms with van der Waals surface area (Å²) in [6.45, 7) is 2.20. The number of hydrogen-bond acceptors (Lipinski definition) is 7. The molecule has 1 N–H and O–H groups in total. The van der Waals surface area contributed by atoms with E-state index in [-0.39, 0.29) is 12.3 Å². The number of carbonyl (C=O) groups excluding carboxylic acids is 2. The van der Waals surface area contributed by atoms with Crippen molar-refractivity contribution in [2.24, 2.45) is 0 Å². The molecular formula is C19H16N2O6S. The minimum atomic E-state index is -0.455. The molecule has 0 spiro atoms. The second-order valence-corrected chi connectivity index (χ2v) is 6.68. The van der Waals surface area contributed by atoms with Crippen molar-refractivity contribution in [3.05, 3.63) is 68.6 Å². The Morgan fingerprint density at radius 3 is 2.61 bits per heavy atom. The summed E-state index contributed by atoms with van der Waals surface area (Å²) in [7, 11) is 0. The number of thioether (sulfide) groups is 1. The summed E-state index contributed by atoms with van der Waals surface area (Å²) in [5, 5.41) is 12.9. The fourth-order valence-corrected chi connectivity index (χ4v) is 3.22. The molecule has 1 aliphatic heterocycles. The number of benzene rings is 2. The first-order valence-electron chi connectivity index (χ1n) is 8.34. The zero-order chi connectivity index (χ0) is 20.1. The van der Waals surface area contributed by atoms with Gasteiger partial charge in [-0.15, -0.1) is 0 Å². The molecule has 0 bridgehead atoms. The summed E-state index contributed by atoms with van der Waals surface area (Å²) in [5.74, 6) is 0.414. The van der Waals surface area contributed by atoms with E-state index >= 15 is 0 Å². The smallest absolute Gasteiger partial charge is 0.290 e. The lowest BCUT2D eigenvalue weighted by atomic mass is 10.1. The van der Waals surface area contributed by atoms with Crippen molar-refractivity contribution in [3.63, 3.8) is 0 Å². The van der Waals surface area contributed by atoms with Gasteiger partial charge >= 0.3 is 0 Å². The van der Waals surface area contributed by atoms with Crippen molar-refractivity contribution >= 4 is 34.7 Å². The number of nitrogens with one attached hydrogen (secondary N) is 1. The average Bonchev–Trinajstić information content (AvgIpc) is 2.98. The van der Waals surface area contributed by atoms with Crippen LogP contribution in [0.15, 0.2) is 47.4 Å². The Labute approximate surface area is 164 Å². The van der Waals surface area contributed by atoms with E-state index in [0.717, 1.165) is 11.8 Å². The van der Waals surface area contributed by atoms with Crippen LogP contribution >= 0.6 is 11.8 Å². The summed E-state index contributed by atoms with van der Waals surface area (Å²) in [6, 6.07) is 11.4. The summed E-state index contributed by atoms with van der Waals surface area (Å²) < 4.78 is 11.3. The van der Waals surface area contributed by atoms with E-state index in [1.807, 2.05) is 6.92 Å². The van der Waals surface area contributed by atoms with E-state index in [1.54, 1.807) is 42.5 Å². The van der Waals surface area contributed by atoms with E-state index in [1.165, 1.54) is 6.07 Å². The van der Waals surface area contributed by atoms with Gasteiger partial charge in [-0.1, -0.05) is 18.2 Å². The van der Waals surface area contributed by atoms with Gasteiger partial charge in [0.1, 0.15) is 6.61 Å². The van der Waals surface area contributed by atoms with E-state index < -0.39 is 16.1 Å². The first-order chi connectivity index (χ1) is 13.5. The van der Waals surface area contributed by atoms with Crippen molar-refractivity contribution in [1.82, 2.24) is 5.32 Å². The normalized spacial score (nSPS) is 14.8. The summed E-state index contributed by atoms with van der Waals surface area (Å²) in [6.07, 6.45) is 1.58. The predicted octanol–water partition coefficient (Wildman–Crippen LogP) is 3.90. The molecule has 1 aliphatic rings. The lowest BCUT2D eigenvalue weighted by molar-refractivity contribution is -0.385. The van der Waals surface area contributed by atoms with Crippen molar-refractivity contribution in [2.45, 2.75) is 13.5 Å². The molecule has 9 heteroatoms. The largest absolute Gasteiger partial charge is 0.490 e. The van der Waals surface area contributed by atoms with Crippen LogP contribution in [0.1, 0.15) is 18.1 Å². The van der Waals surface area contributed by atoms with Gasteiger partial charge in [0.05, 0.1) is 22.0 Å². The van der Waals surface area contributed by atoms with E-state index in [4.69, 9.17) is 9.47 Å². The number of nitro groups is 1. The van der Waals surface area contributed by atoms with Gasteiger partial charge in [0.15, 0.2) is 11.5 Å². The second-order valence-electron chi connectivity index (χ2n) is 5.67. The molecule has 2 aromatic carbocycles. The van der Waals surface area contributed by atoms with Gasteiger partial charge in [0.2, 0.25) is 0 Å². The molecule has 3 rings (SSSR count). The van der Waals surface area contributed by atoms with E-state index in [2.05, 4.69) is 5.32 Å². The quantitative estimate of drug-likeness (QED) is 0.427. The van der Waals surface area contributed by atoms with Crippen LogP contribution < -0.4 is 14.8 Å². The molecule has 0 unspecified atom stereocenters. The standard InChI is InChI=1S/C19H16N2O6S/c1-2-26-16-9-12(10-17-18(22)20-19(23)28-17)7-8-15(16)27-11-13-5-3-4-6-14(13)21(24)25/h3-10H,2,11H2,1H3,(H,20,22,23)/b17-10-. The molecular weight excluding hydrogens is 384 g/mol. The SMILES string of the molecule is CCOc1cc(/C=C2\SC(=O)NC2=O)ccc1OCc1ccccc1[N+](=O)[O-]. The average molecular weight is 400 g/mol. The Morgan fingerprint density at radius 1 is 1.14 bits per heavy atom. The topological polar surface area (TPSA) is 108 Å². The molecule has 28 heavy (non-hydrogen) atoms. The monoisotopic (exact) mass is 400 g/mol. The molecule has 1 heterocycles. The Hall–Kier alpha value is -3.33. The van der Waals surface area contributed by atoms with Crippen LogP contribution in [0.4, 0.5) is 10.5 Å². The molecule has 1 saturated heterocycles. The second kappa shape index (κ2) is 8.57. The zero-order valence-electron chi connectivity index (χ0n) is 14.8. The highest BCUT2D eigenvalue weighted by molar-refractivity contribution is 8.18. The molecule has 2 aromatic rings. The molecule has 0 saturated carbocycles.